The molecule has 0 atom stereocenters. The highest BCUT2D eigenvalue weighted by Crippen LogP contribution is 2.21. The maximum atomic E-state index is 13.5. The Bertz CT molecular complexity index is 883. The molecule has 1 aromatic heterocycles. The second-order valence-electron chi connectivity index (χ2n) is 5.44. The lowest BCUT2D eigenvalue weighted by molar-refractivity contribution is -0.118. The Hall–Kier alpha value is -3.48. The van der Waals surface area contributed by atoms with Gasteiger partial charge in [0.25, 0.3) is 5.91 Å². The predicted molar refractivity (Wildman–Crippen MR) is 93.8 cm³/mol. The van der Waals surface area contributed by atoms with Crippen LogP contribution in [0.5, 0.6) is 17.5 Å². The van der Waals surface area contributed by atoms with Crippen molar-refractivity contribution in [2.45, 2.75) is 6.92 Å². The molecule has 0 unspecified atom stereocenters. The van der Waals surface area contributed by atoms with Gasteiger partial charge in [-0.3, -0.25) is 4.79 Å². The van der Waals surface area contributed by atoms with Gasteiger partial charge in [0.1, 0.15) is 5.75 Å². The zero-order chi connectivity index (χ0) is 18.4. The molecule has 1 heterocycles. The molecule has 7 heteroatoms. The maximum Gasteiger partial charge on any atom is 0.322 e. The topological polar surface area (TPSA) is 73.3 Å². The summed E-state index contributed by atoms with van der Waals surface area (Å²) >= 11 is 0. The fraction of sp³-hybridized carbons (Fsp3) is 0.105. The first-order valence-corrected chi connectivity index (χ1v) is 7.84. The molecule has 0 fully saturated rings. The van der Waals surface area contributed by atoms with E-state index in [4.69, 9.17) is 9.47 Å². The average Bonchev–Trinajstić information content (AvgIpc) is 2.65. The van der Waals surface area contributed by atoms with E-state index < -0.39 is 5.82 Å². The molecule has 0 aliphatic carbocycles. The number of carbonyl (C=O) groups excluding carboxylic acids is 1. The number of aryl methyl sites for hydroxylation is 1. The van der Waals surface area contributed by atoms with Gasteiger partial charge in [-0.25, -0.2) is 14.4 Å². The summed E-state index contributed by atoms with van der Waals surface area (Å²) in [5, 5.41) is 2.61. The third-order valence-electron chi connectivity index (χ3n) is 3.34. The number of ether oxygens (including phenoxy) is 2. The van der Waals surface area contributed by atoms with E-state index in [1.165, 1.54) is 24.5 Å². The summed E-state index contributed by atoms with van der Waals surface area (Å²) in [6.45, 7) is 1.83. The minimum atomic E-state index is -0.512. The third kappa shape index (κ3) is 4.76. The van der Waals surface area contributed by atoms with Crippen molar-refractivity contribution in [1.29, 1.82) is 0 Å². The van der Waals surface area contributed by atoms with Gasteiger partial charge in [-0.05, 0) is 31.2 Å². The van der Waals surface area contributed by atoms with Crippen LogP contribution in [0.1, 0.15) is 5.56 Å². The van der Waals surface area contributed by atoms with Crippen molar-refractivity contribution in [3.8, 4) is 17.5 Å². The summed E-state index contributed by atoms with van der Waals surface area (Å²) in [5.74, 6) is -0.231. The predicted octanol–water partition coefficient (Wildman–Crippen LogP) is 3.73. The number of carbonyl (C=O) groups is 1. The molecule has 0 saturated carbocycles. The van der Waals surface area contributed by atoms with Gasteiger partial charge in [0.05, 0.1) is 18.1 Å². The zero-order valence-corrected chi connectivity index (χ0v) is 14.0. The van der Waals surface area contributed by atoms with Crippen LogP contribution in [0.2, 0.25) is 0 Å². The van der Waals surface area contributed by atoms with Crippen LogP contribution < -0.4 is 14.8 Å². The van der Waals surface area contributed by atoms with Gasteiger partial charge in [0.2, 0.25) is 0 Å². The molecule has 3 rings (SSSR count). The maximum absolute atomic E-state index is 13.5. The number of hydrogen-bond acceptors (Lipinski definition) is 5. The minimum absolute atomic E-state index is 0.0239. The quantitative estimate of drug-likeness (QED) is 0.731. The number of nitrogens with zero attached hydrogens (tertiary/aromatic N) is 2. The summed E-state index contributed by atoms with van der Waals surface area (Å²) < 4.78 is 24.2. The van der Waals surface area contributed by atoms with Crippen LogP contribution in [-0.4, -0.2) is 22.5 Å². The van der Waals surface area contributed by atoms with E-state index in [1.54, 1.807) is 24.3 Å². The molecule has 26 heavy (non-hydrogen) atoms. The number of anilines is 1. The number of aromatic nitrogens is 2. The summed E-state index contributed by atoms with van der Waals surface area (Å²) in [6.07, 6.45) is 2.74. The average molecular weight is 353 g/mol. The Morgan fingerprint density at radius 1 is 1.08 bits per heavy atom. The molecule has 0 aliphatic rings. The summed E-state index contributed by atoms with van der Waals surface area (Å²) in [4.78, 5) is 19.8. The van der Waals surface area contributed by atoms with Crippen LogP contribution in [-0.2, 0) is 4.79 Å². The SMILES string of the molecule is Cc1ccc(OCC(=O)Nc2cnc(Oc3ccccc3F)nc2)cc1. The fourth-order valence-electron chi connectivity index (χ4n) is 2.04. The summed E-state index contributed by atoms with van der Waals surface area (Å²) in [7, 11) is 0. The van der Waals surface area contributed by atoms with Crippen molar-refractivity contribution in [3.05, 3.63) is 72.3 Å². The molecular weight excluding hydrogens is 337 g/mol. The monoisotopic (exact) mass is 353 g/mol. The first kappa shape index (κ1) is 17.3. The molecule has 1 amide bonds. The number of hydrogen-bond donors (Lipinski definition) is 1. The van der Waals surface area contributed by atoms with Crippen molar-refractivity contribution in [3.63, 3.8) is 0 Å². The van der Waals surface area contributed by atoms with Crippen molar-refractivity contribution in [2.75, 3.05) is 11.9 Å². The number of rotatable bonds is 6. The van der Waals surface area contributed by atoms with E-state index in [0.717, 1.165) is 5.56 Å². The lowest BCUT2D eigenvalue weighted by Crippen LogP contribution is -2.20. The third-order valence-corrected chi connectivity index (χ3v) is 3.34. The second-order valence-corrected chi connectivity index (χ2v) is 5.44. The first-order chi connectivity index (χ1) is 12.6. The normalized spacial score (nSPS) is 10.2. The van der Waals surface area contributed by atoms with Crippen molar-refractivity contribution >= 4 is 11.6 Å². The van der Waals surface area contributed by atoms with Crippen LogP contribution in [0.4, 0.5) is 10.1 Å². The lowest BCUT2D eigenvalue weighted by atomic mass is 10.2. The van der Waals surface area contributed by atoms with Crippen LogP contribution in [0.25, 0.3) is 0 Å². The first-order valence-electron chi connectivity index (χ1n) is 7.84. The number of para-hydroxylation sites is 1. The van der Waals surface area contributed by atoms with Crippen LogP contribution >= 0.6 is 0 Å². The van der Waals surface area contributed by atoms with Crippen molar-refractivity contribution in [1.82, 2.24) is 9.97 Å². The number of nitrogens with one attached hydrogen (secondary N) is 1. The Labute approximate surface area is 149 Å². The van der Waals surface area contributed by atoms with Crippen LogP contribution in [0.3, 0.4) is 0 Å². The summed E-state index contributed by atoms with van der Waals surface area (Å²) in [5.41, 5.74) is 1.49. The van der Waals surface area contributed by atoms with Gasteiger partial charge >= 0.3 is 6.01 Å². The highest BCUT2D eigenvalue weighted by atomic mass is 19.1. The molecule has 3 aromatic rings. The van der Waals surface area contributed by atoms with E-state index >= 15 is 0 Å². The van der Waals surface area contributed by atoms with Gasteiger partial charge < -0.3 is 14.8 Å². The lowest BCUT2D eigenvalue weighted by Gasteiger charge is -2.08. The van der Waals surface area contributed by atoms with Gasteiger partial charge in [-0.2, -0.15) is 0 Å². The minimum Gasteiger partial charge on any atom is -0.484 e. The van der Waals surface area contributed by atoms with Crippen molar-refractivity contribution in [2.24, 2.45) is 0 Å². The number of halogens is 1. The molecule has 0 radical (unpaired) electrons. The smallest absolute Gasteiger partial charge is 0.322 e. The Morgan fingerprint density at radius 3 is 2.46 bits per heavy atom. The zero-order valence-electron chi connectivity index (χ0n) is 14.0. The molecule has 0 aliphatic heterocycles. The molecule has 2 aromatic carbocycles. The van der Waals surface area contributed by atoms with E-state index in [2.05, 4.69) is 15.3 Å². The molecule has 1 N–H and O–H groups in total. The molecule has 0 bridgehead atoms. The van der Waals surface area contributed by atoms with Gasteiger partial charge in [0.15, 0.2) is 18.2 Å². The van der Waals surface area contributed by atoms with Crippen LogP contribution in [0.15, 0.2) is 60.9 Å². The largest absolute Gasteiger partial charge is 0.484 e. The van der Waals surface area contributed by atoms with E-state index in [-0.39, 0.29) is 24.3 Å². The standard InChI is InChI=1S/C19H16FN3O3/c1-13-6-8-15(9-7-13)25-12-18(24)23-14-10-21-19(22-11-14)26-17-5-3-2-4-16(17)20/h2-11H,12H2,1H3,(H,23,24). The molecule has 0 spiro atoms. The van der Waals surface area contributed by atoms with Crippen molar-refractivity contribution < 1.29 is 18.7 Å². The fourth-order valence-corrected chi connectivity index (χ4v) is 2.04. The number of amides is 1. The van der Waals surface area contributed by atoms with E-state index in [9.17, 15) is 9.18 Å². The summed E-state index contributed by atoms with van der Waals surface area (Å²) in [6, 6.07) is 13.3. The van der Waals surface area contributed by atoms with Crippen LogP contribution in [0, 0.1) is 12.7 Å². The van der Waals surface area contributed by atoms with E-state index in [1.807, 2.05) is 19.1 Å². The molecule has 132 valence electrons. The molecular formula is C19H16FN3O3. The Morgan fingerprint density at radius 2 is 1.77 bits per heavy atom. The molecule has 0 saturated heterocycles. The van der Waals surface area contributed by atoms with Gasteiger partial charge in [-0.1, -0.05) is 29.8 Å². The van der Waals surface area contributed by atoms with Gasteiger partial charge in [0, 0.05) is 0 Å². The number of benzene rings is 2. The second kappa shape index (κ2) is 8.06. The highest BCUT2D eigenvalue weighted by Gasteiger charge is 2.08. The highest BCUT2D eigenvalue weighted by molar-refractivity contribution is 5.91. The molecule has 6 nitrogen and oxygen atoms in total. The Kier molecular flexibility index (Phi) is 5.38. The van der Waals surface area contributed by atoms with Gasteiger partial charge in [-0.15, -0.1) is 0 Å². The Balaban J connectivity index is 1.52. The van der Waals surface area contributed by atoms with E-state index in [0.29, 0.717) is 11.4 Å².